The molecule has 1 saturated heterocycles. The fraction of sp³-hybridized carbons (Fsp3) is 0.429. The summed E-state index contributed by atoms with van der Waals surface area (Å²) in [5.41, 5.74) is 0. The third kappa shape index (κ3) is 2.01. The summed E-state index contributed by atoms with van der Waals surface area (Å²) >= 11 is 4.42. The molecule has 7 heteroatoms. The highest BCUT2D eigenvalue weighted by Crippen LogP contribution is 2.27. The first-order valence-electron chi connectivity index (χ1n) is 4.05. The van der Waals surface area contributed by atoms with E-state index in [0.717, 1.165) is 0 Å². The van der Waals surface area contributed by atoms with E-state index in [4.69, 9.17) is 0 Å². The fourth-order valence-corrected chi connectivity index (χ4v) is 4.71. The van der Waals surface area contributed by atoms with Crippen LogP contribution >= 0.6 is 27.3 Å². The van der Waals surface area contributed by atoms with E-state index in [1.54, 1.807) is 11.4 Å². The third-order valence-electron chi connectivity index (χ3n) is 1.93. The molecule has 1 aliphatic heterocycles. The van der Waals surface area contributed by atoms with Gasteiger partial charge < -0.3 is 5.32 Å². The zero-order valence-corrected chi connectivity index (χ0v) is 10.4. The van der Waals surface area contributed by atoms with Gasteiger partial charge in [-0.15, -0.1) is 11.3 Å². The van der Waals surface area contributed by atoms with Gasteiger partial charge in [-0.05, 0) is 27.4 Å². The van der Waals surface area contributed by atoms with Crippen molar-refractivity contribution >= 4 is 37.3 Å². The highest BCUT2D eigenvalue weighted by molar-refractivity contribution is 9.10. The molecule has 1 aliphatic rings. The van der Waals surface area contributed by atoms with Gasteiger partial charge in [-0.2, -0.15) is 0 Å². The Bertz CT molecular complexity index is 425. The van der Waals surface area contributed by atoms with Gasteiger partial charge in [0, 0.05) is 23.6 Å². The van der Waals surface area contributed by atoms with Crippen LogP contribution in [0.5, 0.6) is 0 Å². The second kappa shape index (κ2) is 3.90. The Balaban J connectivity index is 2.19. The standard InChI is InChI=1S/C7H9BrN2O2S2/c8-6-1-2-13-7(6)14(11,12)10-5-3-9-4-5/h1-2,5,9-10H,3-4H2. The molecule has 0 aromatic carbocycles. The molecule has 0 saturated carbocycles. The zero-order chi connectivity index (χ0) is 10.2. The summed E-state index contributed by atoms with van der Waals surface area (Å²) in [6.45, 7) is 1.42. The van der Waals surface area contributed by atoms with E-state index >= 15 is 0 Å². The Morgan fingerprint density at radius 1 is 1.57 bits per heavy atom. The fourth-order valence-electron chi connectivity index (χ4n) is 1.12. The Labute approximate surface area is 94.9 Å². The highest BCUT2D eigenvalue weighted by atomic mass is 79.9. The van der Waals surface area contributed by atoms with Crippen LogP contribution in [0, 0.1) is 0 Å². The largest absolute Gasteiger partial charge is 0.313 e. The number of hydrogen-bond acceptors (Lipinski definition) is 4. The number of rotatable bonds is 3. The van der Waals surface area contributed by atoms with Crippen molar-refractivity contribution in [1.29, 1.82) is 0 Å². The molecule has 2 heterocycles. The normalized spacial score (nSPS) is 18.1. The van der Waals surface area contributed by atoms with Crippen molar-refractivity contribution in [3.63, 3.8) is 0 Å². The summed E-state index contributed by atoms with van der Waals surface area (Å²) in [6, 6.07) is 1.77. The van der Waals surface area contributed by atoms with Gasteiger partial charge in [-0.25, -0.2) is 13.1 Å². The van der Waals surface area contributed by atoms with Gasteiger partial charge in [0.1, 0.15) is 4.21 Å². The lowest BCUT2D eigenvalue weighted by molar-refractivity contribution is 0.410. The minimum atomic E-state index is -3.33. The van der Waals surface area contributed by atoms with Crippen LogP contribution in [0.25, 0.3) is 0 Å². The molecule has 2 rings (SSSR count). The lowest BCUT2D eigenvalue weighted by Gasteiger charge is -2.27. The molecule has 0 aliphatic carbocycles. The zero-order valence-electron chi connectivity index (χ0n) is 7.16. The average Bonchev–Trinajstić information content (AvgIpc) is 2.45. The van der Waals surface area contributed by atoms with Crippen LogP contribution in [0.15, 0.2) is 20.1 Å². The summed E-state index contributed by atoms with van der Waals surface area (Å²) in [5, 5.41) is 4.76. The van der Waals surface area contributed by atoms with Gasteiger partial charge in [0.15, 0.2) is 0 Å². The smallest absolute Gasteiger partial charge is 0.251 e. The molecule has 1 aromatic rings. The summed E-state index contributed by atoms with van der Waals surface area (Å²) < 4.78 is 27.1. The first-order valence-corrected chi connectivity index (χ1v) is 7.21. The van der Waals surface area contributed by atoms with E-state index in [0.29, 0.717) is 21.8 Å². The first kappa shape index (κ1) is 10.6. The molecule has 1 aromatic heterocycles. The molecular formula is C7H9BrN2O2S2. The quantitative estimate of drug-likeness (QED) is 0.866. The molecule has 4 nitrogen and oxygen atoms in total. The van der Waals surface area contributed by atoms with Crippen molar-refractivity contribution in [2.24, 2.45) is 0 Å². The van der Waals surface area contributed by atoms with E-state index in [9.17, 15) is 8.42 Å². The van der Waals surface area contributed by atoms with Crippen LogP contribution in [0.1, 0.15) is 0 Å². The number of thiophene rings is 1. The van der Waals surface area contributed by atoms with Crippen LogP contribution in [-0.2, 0) is 10.0 Å². The Morgan fingerprint density at radius 2 is 2.29 bits per heavy atom. The maximum atomic E-state index is 11.8. The van der Waals surface area contributed by atoms with E-state index in [-0.39, 0.29) is 6.04 Å². The summed E-state index contributed by atoms with van der Waals surface area (Å²) in [7, 11) is -3.33. The predicted octanol–water partition coefficient (Wildman–Crippen LogP) is 0.761. The van der Waals surface area contributed by atoms with Crippen molar-refractivity contribution in [2.45, 2.75) is 10.3 Å². The SMILES string of the molecule is O=S(=O)(NC1CNC1)c1sccc1Br. The van der Waals surface area contributed by atoms with E-state index < -0.39 is 10.0 Å². The first-order chi connectivity index (χ1) is 6.59. The van der Waals surface area contributed by atoms with Crippen LogP contribution in [0.2, 0.25) is 0 Å². The second-order valence-electron chi connectivity index (χ2n) is 3.03. The van der Waals surface area contributed by atoms with Crippen molar-refractivity contribution in [1.82, 2.24) is 10.0 Å². The Kier molecular flexibility index (Phi) is 2.94. The lowest BCUT2D eigenvalue weighted by atomic mass is 10.2. The van der Waals surface area contributed by atoms with Gasteiger partial charge in [-0.1, -0.05) is 0 Å². The summed E-state index contributed by atoms with van der Waals surface area (Å²) in [5.74, 6) is 0. The molecule has 0 unspecified atom stereocenters. The molecule has 0 atom stereocenters. The van der Waals surface area contributed by atoms with E-state index in [1.807, 2.05) is 0 Å². The monoisotopic (exact) mass is 296 g/mol. The maximum absolute atomic E-state index is 11.8. The van der Waals surface area contributed by atoms with E-state index in [2.05, 4.69) is 26.0 Å². The number of halogens is 1. The predicted molar refractivity (Wildman–Crippen MR) is 59.0 cm³/mol. The molecule has 2 N–H and O–H groups in total. The van der Waals surface area contributed by atoms with Crippen molar-refractivity contribution < 1.29 is 8.42 Å². The number of nitrogens with one attached hydrogen (secondary N) is 2. The molecule has 0 spiro atoms. The van der Waals surface area contributed by atoms with Gasteiger partial charge in [0.2, 0.25) is 0 Å². The van der Waals surface area contributed by atoms with E-state index in [1.165, 1.54) is 11.3 Å². The summed E-state index contributed by atoms with van der Waals surface area (Å²) in [4.78, 5) is 0. The lowest BCUT2D eigenvalue weighted by Crippen LogP contribution is -2.56. The maximum Gasteiger partial charge on any atom is 0.251 e. The average molecular weight is 297 g/mol. The number of hydrogen-bond donors (Lipinski definition) is 2. The van der Waals surface area contributed by atoms with Gasteiger partial charge >= 0.3 is 0 Å². The van der Waals surface area contributed by atoms with Crippen LogP contribution in [0.3, 0.4) is 0 Å². The van der Waals surface area contributed by atoms with Gasteiger partial charge in [0.25, 0.3) is 10.0 Å². The molecule has 0 amide bonds. The Hall–Kier alpha value is 0.0500. The minimum Gasteiger partial charge on any atom is -0.313 e. The van der Waals surface area contributed by atoms with Crippen LogP contribution in [-0.4, -0.2) is 27.5 Å². The van der Waals surface area contributed by atoms with Gasteiger partial charge in [-0.3, -0.25) is 0 Å². The van der Waals surface area contributed by atoms with Crippen molar-refractivity contribution in [2.75, 3.05) is 13.1 Å². The third-order valence-corrected chi connectivity index (χ3v) is 6.12. The van der Waals surface area contributed by atoms with Gasteiger partial charge in [0.05, 0.1) is 0 Å². The second-order valence-corrected chi connectivity index (χ2v) is 6.71. The molecule has 14 heavy (non-hydrogen) atoms. The van der Waals surface area contributed by atoms with Crippen LogP contribution in [0.4, 0.5) is 0 Å². The molecule has 0 bridgehead atoms. The molecular weight excluding hydrogens is 288 g/mol. The molecule has 1 fully saturated rings. The minimum absolute atomic E-state index is 0.0361. The topological polar surface area (TPSA) is 58.2 Å². The Morgan fingerprint density at radius 3 is 2.71 bits per heavy atom. The van der Waals surface area contributed by atoms with Crippen molar-refractivity contribution in [3.05, 3.63) is 15.9 Å². The van der Waals surface area contributed by atoms with Crippen LogP contribution < -0.4 is 10.0 Å². The highest BCUT2D eigenvalue weighted by Gasteiger charge is 2.26. The number of sulfonamides is 1. The molecule has 78 valence electrons. The van der Waals surface area contributed by atoms with Crippen molar-refractivity contribution in [3.8, 4) is 0 Å². The molecule has 0 radical (unpaired) electrons. The summed E-state index contributed by atoms with van der Waals surface area (Å²) in [6.07, 6.45) is 0.